The quantitative estimate of drug-likeness (QED) is 0.761. The highest BCUT2D eigenvalue weighted by molar-refractivity contribution is 7.99. The van der Waals surface area contributed by atoms with Crippen LogP contribution in [0.15, 0.2) is 46.5 Å². The van der Waals surface area contributed by atoms with Crippen LogP contribution < -0.4 is 5.32 Å². The SMILES string of the molecule is COCCNCc1ccc(Sc2cc(Cl)ccc2Cl)nc1. The second kappa shape index (κ2) is 8.61. The number of aromatic nitrogens is 1. The number of benzene rings is 1. The van der Waals surface area contributed by atoms with Crippen LogP contribution in [0.25, 0.3) is 0 Å². The molecule has 112 valence electrons. The van der Waals surface area contributed by atoms with Gasteiger partial charge < -0.3 is 10.1 Å². The van der Waals surface area contributed by atoms with Crippen LogP contribution in [0.4, 0.5) is 0 Å². The number of nitrogens with one attached hydrogen (secondary N) is 1. The van der Waals surface area contributed by atoms with Crippen LogP contribution >= 0.6 is 35.0 Å². The summed E-state index contributed by atoms with van der Waals surface area (Å²) in [5.41, 5.74) is 1.13. The Morgan fingerprint density at radius 2 is 2.10 bits per heavy atom. The second-order valence-electron chi connectivity index (χ2n) is 4.35. The molecule has 0 bridgehead atoms. The molecule has 2 rings (SSSR count). The van der Waals surface area contributed by atoms with Gasteiger partial charge in [0.1, 0.15) is 5.03 Å². The van der Waals surface area contributed by atoms with Crippen molar-refractivity contribution >= 4 is 35.0 Å². The van der Waals surface area contributed by atoms with E-state index in [4.69, 9.17) is 27.9 Å². The minimum atomic E-state index is 0.667. The zero-order chi connectivity index (χ0) is 15.1. The van der Waals surface area contributed by atoms with Gasteiger partial charge in [0, 0.05) is 36.3 Å². The lowest BCUT2D eigenvalue weighted by molar-refractivity contribution is 0.199. The lowest BCUT2D eigenvalue weighted by atomic mass is 10.3. The first-order chi connectivity index (χ1) is 10.2. The Morgan fingerprint density at radius 1 is 1.24 bits per heavy atom. The van der Waals surface area contributed by atoms with Crippen molar-refractivity contribution in [3.8, 4) is 0 Å². The highest BCUT2D eigenvalue weighted by Crippen LogP contribution is 2.34. The van der Waals surface area contributed by atoms with Gasteiger partial charge in [0.25, 0.3) is 0 Å². The molecule has 0 aliphatic rings. The van der Waals surface area contributed by atoms with Gasteiger partial charge in [-0.2, -0.15) is 0 Å². The molecule has 0 aliphatic heterocycles. The molecule has 1 aromatic heterocycles. The van der Waals surface area contributed by atoms with Crippen LogP contribution in [0, 0.1) is 0 Å². The molecule has 0 atom stereocenters. The Kier molecular flexibility index (Phi) is 6.80. The Balaban J connectivity index is 1.94. The number of hydrogen-bond donors (Lipinski definition) is 1. The Bertz CT molecular complexity index is 578. The van der Waals surface area contributed by atoms with E-state index in [0.29, 0.717) is 16.7 Å². The van der Waals surface area contributed by atoms with Crippen LogP contribution in [-0.4, -0.2) is 25.2 Å². The number of hydrogen-bond acceptors (Lipinski definition) is 4. The van der Waals surface area contributed by atoms with E-state index in [1.807, 2.05) is 24.4 Å². The lowest BCUT2D eigenvalue weighted by Crippen LogP contribution is -2.18. The maximum atomic E-state index is 6.15. The maximum absolute atomic E-state index is 6.15. The third-order valence-electron chi connectivity index (χ3n) is 2.72. The first-order valence-electron chi connectivity index (χ1n) is 6.46. The molecule has 3 nitrogen and oxygen atoms in total. The summed E-state index contributed by atoms with van der Waals surface area (Å²) in [5.74, 6) is 0. The number of methoxy groups -OCH3 is 1. The van der Waals surface area contributed by atoms with Crippen molar-refractivity contribution < 1.29 is 4.74 Å². The van der Waals surface area contributed by atoms with E-state index in [9.17, 15) is 0 Å². The average molecular weight is 343 g/mol. The van der Waals surface area contributed by atoms with Crippen molar-refractivity contribution in [3.63, 3.8) is 0 Å². The number of pyridine rings is 1. The summed E-state index contributed by atoms with van der Waals surface area (Å²) in [7, 11) is 1.69. The topological polar surface area (TPSA) is 34.1 Å². The summed E-state index contributed by atoms with van der Waals surface area (Å²) in [6.45, 7) is 2.30. The van der Waals surface area contributed by atoms with E-state index in [0.717, 1.165) is 28.6 Å². The van der Waals surface area contributed by atoms with E-state index in [-0.39, 0.29) is 0 Å². The van der Waals surface area contributed by atoms with E-state index in [1.54, 1.807) is 19.2 Å². The van der Waals surface area contributed by atoms with Crippen molar-refractivity contribution in [2.45, 2.75) is 16.5 Å². The van der Waals surface area contributed by atoms with Gasteiger partial charge in [0.05, 0.1) is 11.6 Å². The number of halogens is 2. The van der Waals surface area contributed by atoms with E-state index in [1.165, 1.54) is 11.8 Å². The smallest absolute Gasteiger partial charge is 0.101 e. The number of rotatable bonds is 7. The molecule has 1 aromatic carbocycles. The van der Waals surface area contributed by atoms with Gasteiger partial charge >= 0.3 is 0 Å². The first kappa shape index (κ1) is 16.6. The highest BCUT2D eigenvalue weighted by Gasteiger charge is 2.05. The van der Waals surface area contributed by atoms with Crippen LogP contribution in [0.5, 0.6) is 0 Å². The highest BCUT2D eigenvalue weighted by atomic mass is 35.5. The van der Waals surface area contributed by atoms with Gasteiger partial charge in [-0.25, -0.2) is 4.98 Å². The molecule has 1 heterocycles. The lowest BCUT2D eigenvalue weighted by Gasteiger charge is -2.06. The molecule has 0 unspecified atom stereocenters. The van der Waals surface area contributed by atoms with Crippen molar-refractivity contribution in [2.75, 3.05) is 20.3 Å². The zero-order valence-corrected chi connectivity index (χ0v) is 13.9. The van der Waals surface area contributed by atoms with Crippen molar-refractivity contribution in [2.24, 2.45) is 0 Å². The largest absolute Gasteiger partial charge is 0.383 e. The van der Waals surface area contributed by atoms with Crippen LogP contribution in [0.1, 0.15) is 5.56 Å². The molecule has 0 amide bonds. The van der Waals surface area contributed by atoms with Gasteiger partial charge in [-0.1, -0.05) is 41.0 Å². The van der Waals surface area contributed by atoms with Gasteiger partial charge in [-0.15, -0.1) is 0 Å². The predicted molar refractivity (Wildman–Crippen MR) is 88.4 cm³/mol. The number of nitrogens with zero attached hydrogens (tertiary/aromatic N) is 1. The molecular weight excluding hydrogens is 327 g/mol. The standard InChI is InChI=1S/C15H16Cl2N2OS/c1-20-7-6-18-9-11-2-5-15(19-10-11)21-14-8-12(16)3-4-13(14)17/h2-5,8,10,18H,6-7,9H2,1H3. The summed E-state index contributed by atoms with van der Waals surface area (Å²) in [6.07, 6.45) is 1.86. The maximum Gasteiger partial charge on any atom is 0.101 e. The molecule has 2 aromatic rings. The summed E-state index contributed by atoms with van der Waals surface area (Å²) < 4.78 is 4.98. The van der Waals surface area contributed by atoms with Crippen LogP contribution in [0.2, 0.25) is 10.0 Å². The monoisotopic (exact) mass is 342 g/mol. The fourth-order valence-electron chi connectivity index (χ4n) is 1.65. The van der Waals surface area contributed by atoms with E-state index < -0.39 is 0 Å². The average Bonchev–Trinajstić information content (AvgIpc) is 2.49. The second-order valence-corrected chi connectivity index (χ2v) is 6.26. The third kappa shape index (κ3) is 5.49. The fraction of sp³-hybridized carbons (Fsp3) is 0.267. The van der Waals surface area contributed by atoms with Crippen LogP contribution in [-0.2, 0) is 11.3 Å². The van der Waals surface area contributed by atoms with Crippen molar-refractivity contribution in [3.05, 3.63) is 52.1 Å². The molecule has 0 fully saturated rings. The van der Waals surface area contributed by atoms with E-state index in [2.05, 4.69) is 10.3 Å². The minimum Gasteiger partial charge on any atom is -0.383 e. The summed E-state index contributed by atoms with van der Waals surface area (Å²) in [6, 6.07) is 9.44. The Hall–Kier alpha value is -0.780. The summed E-state index contributed by atoms with van der Waals surface area (Å²) in [4.78, 5) is 5.34. The minimum absolute atomic E-state index is 0.667. The van der Waals surface area contributed by atoms with E-state index >= 15 is 0 Å². The predicted octanol–water partition coefficient (Wildman–Crippen LogP) is 4.28. The van der Waals surface area contributed by atoms with Crippen LogP contribution in [0.3, 0.4) is 0 Å². The summed E-state index contributed by atoms with van der Waals surface area (Å²) >= 11 is 13.6. The van der Waals surface area contributed by atoms with Crippen molar-refractivity contribution in [1.82, 2.24) is 10.3 Å². The van der Waals surface area contributed by atoms with Gasteiger partial charge in [0.15, 0.2) is 0 Å². The molecule has 0 spiro atoms. The molecule has 6 heteroatoms. The molecule has 0 saturated heterocycles. The fourth-order valence-corrected chi connectivity index (χ4v) is 2.94. The number of ether oxygens (including phenoxy) is 1. The van der Waals surface area contributed by atoms with Crippen molar-refractivity contribution in [1.29, 1.82) is 0 Å². The molecule has 21 heavy (non-hydrogen) atoms. The molecular formula is C15H16Cl2N2OS. The third-order valence-corrected chi connectivity index (χ3v) is 4.40. The van der Waals surface area contributed by atoms with Gasteiger partial charge in [-0.05, 0) is 29.8 Å². The van der Waals surface area contributed by atoms with Gasteiger partial charge in [0.2, 0.25) is 0 Å². The Labute approximate surface area is 139 Å². The normalized spacial score (nSPS) is 10.8. The summed E-state index contributed by atoms with van der Waals surface area (Å²) in [5, 5.41) is 5.51. The molecule has 1 N–H and O–H groups in total. The first-order valence-corrected chi connectivity index (χ1v) is 8.04. The molecule has 0 radical (unpaired) electrons. The zero-order valence-electron chi connectivity index (χ0n) is 11.6. The molecule has 0 aliphatic carbocycles. The molecule has 0 saturated carbocycles. The van der Waals surface area contributed by atoms with Gasteiger partial charge in [-0.3, -0.25) is 0 Å². The Morgan fingerprint density at radius 3 is 2.81 bits per heavy atom.